The fraction of sp³-hybridized carbons (Fsp3) is 0.152. The fourth-order valence-electron chi connectivity index (χ4n) is 5.59. The lowest BCUT2D eigenvalue weighted by molar-refractivity contribution is -0.145. The number of rotatable bonds is 8. The first-order valence-electron chi connectivity index (χ1n) is 13.6. The van der Waals surface area contributed by atoms with E-state index in [1.807, 2.05) is 48.5 Å². The van der Waals surface area contributed by atoms with Crippen molar-refractivity contribution in [3.63, 3.8) is 0 Å². The number of fused-ring (bicyclic) bond motifs is 2. The molecule has 216 valence electrons. The lowest BCUT2D eigenvalue weighted by Gasteiger charge is -2.17. The maximum atomic E-state index is 13.6. The Kier molecular flexibility index (Phi) is 7.03. The summed E-state index contributed by atoms with van der Waals surface area (Å²) < 4.78 is 6.62. The van der Waals surface area contributed by atoms with Gasteiger partial charge in [-0.15, -0.1) is 0 Å². The highest BCUT2D eigenvalue weighted by molar-refractivity contribution is 6.50. The zero-order valence-electron chi connectivity index (χ0n) is 23.5. The standard InChI is InChI=1S/C33H28N4O6/c1-36-31(40)29(23-16-34-25-9-5-3-7-21(23)25)30(32(36)41)24-17-37(27-10-6-4-8-22(24)27)18-28(39)35-26(33(42)43-2)15-19-11-13-20(38)14-12-19/h3-14,16-17,26,34,38H,15,18H2,1-2H3,(H,35,39)/t26-/m1/s1. The summed E-state index contributed by atoms with van der Waals surface area (Å²) in [6.07, 6.45) is 3.60. The highest BCUT2D eigenvalue weighted by Crippen LogP contribution is 2.40. The maximum absolute atomic E-state index is 13.6. The Balaban J connectivity index is 1.38. The number of phenolic OH excluding ortho intramolecular Hbond substituents is 1. The summed E-state index contributed by atoms with van der Waals surface area (Å²) in [4.78, 5) is 57.1. The first-order chi connectivity index (χ1) is 20.8. The molecule has 0 aliphatic carbocycles. The first kappa shape index (κ1) is 27.5. The number of carbonyl (C=O) groups excluding carboxylic acids is 4. The molecule has 10 heteroatoms. The summed E-state index contributed by atoms with van der Waals surface area (Å²) in [5, 5.41) is 13.8. The van der Waals surface area contributed by atoms with Crippen LogP contribution >= 0.6 is 0 Å². The van der Waals surface area contributed by atoms with Gasteiger partial charge in [-0.05, 0) is 29.8 Å². The molecule has 3 amide bonds. The van der Waals surface area contributed by atoms with Crippen molar-refractivity contribution in [2.45, 2.75) is 19.0 Å². The van der Waals surface area contributed by atoms with Crippen LogP contribution in [0.1, 0.15) is 16.7 Å². The second kappa shape index (κ2) is 11.0. The predicted molar refractivity (Wildman–Crippen MR) is 161 cm³/mol. The van der Waals surface area contributed by atoms with Crippen LogP contribution in [-0.2, 0) is 36.9 Å². The van der Waals surface area contributed by atoms with Crippen LogP contribution in [0.5, 0.6) is 5.75 Å². The minimum Gasteiger partial charge on any atom is -0.508 e. The van der Waals surface area contributed by atoms with Crippen LogP contribution in [0.2, 0.25) is 0 Å². The van der Waals surface area contributed by atoms with E-state index in [4.69, 9.17) is 4.74 Å². The van der Waals surface area contributed by atoms with Crippen LogP contribution in [0.15, 0.2) is 85.2 Å². The van der Waals surface area contributed by atoms with Gasteiger partial charge in [0.25, 0.3) is 11.8 Å². The molecular weight excluding hydrogens is 548 g/mol. The number of hydrogen-bond donors (Lipinski definition) is 3. The largest absolute Gasteiger partial charge is 0.508 e. The minimum atomic E-state index is -0.956. The van der Waals surface area contributed by atoms with Crippen molar-refractivity contribution in [1.82, 2.24) is 19.8 Å². The van der Waals surface area contributed by atoms with E-state index in [9.17, 15) is 24.3 Å². The molecule has 5 aromatic rings. The fourth-order valence-corrected chi connectivity index (χ4v) is 5.59. The number of carbonyl (C=O) groups is 4. The van der Waals surface area contributed by atoms with Crippen molar-refractivity contribution >= 4 is 56.6 Å². The number of para-hydroxylation sites is 2. The number of H-pyrrole nitrogens is 1. The molecular formula is C33H28N4O6. The van der Waals surface area contributed by atoms with Gasteiger partial charge in [0, 0.05) is 58.8 Å². The Bertz CT molecular complexity index is 1950. The molecule has 0 bridgehead atoms. The van der Waals surface area contributed by atoms with Gasteiger partial charge in [0.15, 0.2) is 0 Å². The molecule has 3 aromatic carbocycles. The smallest absolute Gasteiger partial charge is 0.328 e. The highest BCUT2D eigenvalue weighted by Gasteiger charge is 2.39. The quantitative estimate of drug-likeness (QED) is 0.191. The molecule has 10 nitrogen and oxygen atoms in total. The molecule has 43 heavy (non-hydrogen) atoms. The molecule has 0 fully saturated rings. The van der Waals surface area contributed by atoms with Crippen molar-refractivity contribution in [2.75, 3.05) is 14.2 Å². The average molecular weight is 577 g/mol. The summed E-state index contributed by atoms with van der Waals surface area (Å²) in [6, 6.07) is 20.3. The number of phenols is 1. The molecule has 3 N–H and O–H groups in total. The molecule has 6 rings (SSSR count). The summed E-state index contributed by atoms with van der Waals surface area (Å²) in [5.74, 6) is -1.80. The Morgan fingerprint density at radius 3 is 2.28 bits per heavy atom. The van der Waals surface area contributed by atoms with Crippen molar-refractivity contribution < 1.29 is 29.0 Å². The number of amides is 3. The second-order valence-electron chi connectivity index (χ2n) is 10.4. The number of aromatic hydroxyl groups is 1. The molecule has 1 atom stereocenters. The van der Waals surface area contributed by atoms with Gasteiger partial charge < -0.3 is 24.7 Å². The number of aromatic nitrogens is 2. The van der Waals surface area contributed by atoms with Gasteiger partial charge in [-0.2, -0.15) is 0 Å². The molecule has 0 spiro atoms. The number of likely N-dealkylation sites (N-methyl/N-ethyl adjacent to an activating group) is 1. The molecule has 0 saturated carbocycles. The van der Waals surface area contributed by atoms with Gasteiger partial charge in [0.05, 0.1) is 18.3 Å². The summed E-state index contributed by atoms with van der Waals surface area (Å²) in [7, 11) is 2.71. The van der Waals surface area contributed by atoms with Gasteiger partial charge >= 0.3 is 5.97 Å². The number of imide groups is 1. The second-order valence-corrected chi connectivity index (χ2v) is 10.4. The summed E-state index contributed by atoms with van der Waals surface area (Å²) in [5.41, 5.74) is 3.95. The monoisotopic (exact) mass is 576 g/mol. The van der Waals surface area contributed by atoms with Crippen molar-refractivity contribution in [3.05, 3.63) is 102 Å². The molecule has 0 radical (unpaired) electrons. The lowest BCUT2D eigenvalue weighted by atomic mass is 9.95. The van der Waals surface area contributed by atoms with Crippen LogP contribution in [0.25, 0.3) is 33.0 Å². The van der Waals surface area contributed by atoms with E-state index in [-0.39, 0.29) is 29.9 Å². The number of ether oxygens (including phenoxy) is 1. The average Bonchev–Trinajstić information content (AvgIpc) is 3.66. The Labute approximate surface area is 246 Å². The van der Waals surface area contributed by atoms with Crippen LogP contribution in [0.4, 0.5) is 0 Å². The number of nitrogens with one attached hydrogen (secondary N) is 2. The Hall–Kier alpha value is -5.64. The SMILES string of the molecule is COC(=O)[C@@H](Cc1ccc(O)cc1)NC(=O)Cn1cc(C2=C(c3c[nH]c4ccccc34)C(=O)N(C)C2=O)c2ccccc21. The van der Waals surface area contributed by atoms with Crippen LogP contribution < -0.4 is 5.32 Å². The summed E-state index contributed by atoms with van der Waals surface area (Å²) in [6.45, 7) is -0.155. The van der Waals surface area contributed by atoms with Crippen LogP contribution in [-0.4, -0.2) is 63.4 Å². The Morgan fingerprint density at radius 2 is 1.56 bits per heavy atom. The van der Waals surface area contributed by atoms with E-state index < -0.39 is 29.7 Å². The number of nitrogens with zero attached hydrogens (tertiary/aromatic N) is 2. The number of methoxy groups -OCH3 is 1. The van der Waals surface area contributed by atoms with Crippen molar-refractivity contribution in [3.8, 4) is 5.75 Å². The zero-order chi connectivity index (χ0) is 30.2. The lowest BCUT2D eigenvalue weighted by Crippen LogP contribution is -2.44. The van der Waals surface area contributed by atoms with E-state index in [1.54, 1.807) is 29.1 Å². The first-order valence-corrected chi connectivity index (χ1v) is 13.6. The molecule has 1 aliphatic heterocycles. The number of hydrogen-bond acceptors (Lipinski definition) is 6. The third-order valence-electron chi connectivity index (χ3n) is 7.71. The minimum absolute atomic E-state index is 0.0919. The number of benzene rings is 3. The van der Waals surface area contributed by atoms with Gasteiger partial charge in [-0.1, -0.05) is 48.5 Å². The predicted octanol–water partition coefficient (Wildman–Crippen LogP) is 3.64. The normalized spacial score (nSPS) is 14.1. The molecule has 0 unspecified atom stereocenters. The van der Waals surface area contributed by atoms with E-state index >= 15 is 0 Å². The maximum Gasteiger partial charge on any atom is 0.328 e. The van der Waals surface area contributed by atoms with Crippen LogP contribution in [0, 0.1) is 0 Å². The van der Waals surface area contributed by atoms with Crippen molar-refractivity contribution in [1.29, 1.82) is 0 Å². The van der Waals surface area contributed by atoms with Gasteiger partial charge in [0.2, 0.25) is 5.91 Å². The molecule has 0 saturated heterocycles. The zero-order valence-corrected chi connectivity index (χ0v) is 23.5. The third-order valence-corrected chi connectivity index (χ3v) is 7.71. The van der Waals surface area contributed by atoms with Gasteiger partial charge in [-0.25, -0.2) is 4.79 Å². The topological polar surface area (TPSA) is 134 Å². The molecule has 1 aliphatic rings. The van der Waals surface area contributed by atoms with E-state index in [0.29, 0.717) is 22.0 Å². The number of esters is 1. The van der Waals surface area contributed by atoms with E-state index in [0.717, 1.165) is 21.4 Å². The van der Waals surface area contributed by atoms with Crippen LogP contribution in [0.3, 0.4) is 0 Å². The van der Waals surface area contributed by atoms with Gasteiger partial charge in [-0.3, -0.25) is 19.3 Å². The number of aromatic amines is 1. The third kappa shape index (κ3) is 4.93. The van der Waals surface area contributed by atoms with E-state index in [1.165, 1.54) is 26.3 Å². The molecule has 3 heterocycles. The highest BCUT2D eigenvalue weighted by atomic mass is 16.5. The Morgan fingerprint density at radius 1 is 0.907 bits per heavy atom. The van der Waals surface area contributed by atoms with E-state index in [2.05, 4.69) is 10.3 Å². The van der Waals surface area contributed by atoms with Crippen molar-refractivity contribution in [2.24, 2.45) is 0 Å². The molecule has 2 aromatic heterocycles. The summed E-state index contributed by atoms with van der Waals surface area (Å²) >= 11 is 0. The van der Waals surface area contributed by atoms with Gasteiger partial charge in [0.1, 0.15) is 18.3 Å².